The van der Waals surface area contributed by atoms with Crippen LogP contribution >= 0.6 is 0 Å². The van der Waals surface area contributed by atoms with Gasteiger partial charge in [0.2, 0.25) is 0 Å². The van der Waals surface area contributed by atoms with Crippen LogP contribution in [-0.2, 0) is 42.6 Å². The summed E-state index contributed by atoms with van der Waals surface area (Å²) in [5.74, 6) is 0. The molecule has 2 N–H and O–H groups in total. The average Bonchev–Trinajstić information content (AvgIpc) is 2.85. The van der Waals surface area contributed by atoms with Gasteiger partial charge in [0.05, 0.1) is 112 Å². The summed E-state index contributed by atoms with van der Waals surface area (Å²) in [4.78, 5) is 0. The first kappa shape index (κ1) is 36.7. The van der Waals surface area contributed by atoms with Gasteiger partial charge >= 0.3 is 0 Å². The van der Waals surface area contributed by atoms with E-state index in [0.29, 0.717) is 112 Å². The van der Waals surface area contributed by atoms with E-state index in [1.165, 1.54) is 0 Å². The molecule has 0 aliphatic rings. The van der Waals surface area contributed by atoms with Crippen LogP contribution in [-0.4, -0.2) is 142 Å². The monoisotopic (exact) mass is 516 g/mol. The predicted molar refractivity (Wildman–Crippen MR) is 132 cm³/mol. The molecule has 0 aliphatic heterocycles. The first-order valence-corrected chi connectivity index (χ1v) is 12.5. The van der Waals surface area contributed by atoms with Crippen LogP contribution in [0.15, 0.2) is 0 Å². The fourth-order valence-corrected chi connectivity index (χ4v) is 2.21. The van der Waals surface area contributed by atoms with Gasteiger partial charge < -0.3 is 52.8 Å². The molecule has 35 heavy (non-hydrogen) atoms. The van der Waals surface area contributed by atoms with Gasteiger partial charge in [-0.25, -0.2) is 0 Å². The summed E-state index contributed by atoms with van der Waals surface area (Å²) in [6.07, 6.45) is 2.23. The van der Waals surface area contributed by atoms with Crippen molar-refractivity contribution < 1.29 is 52.8 Å². The molecule has 0 radical (unpaired) electrons. The summed E-state index contributed by atoms with van der Waals surface area (Å²) in [6, 6.07) is 0. The minimum atomic E-state index is 0.0363. The van der Waals surface area contributed by atoms with Crippen LogP contribution in [0.1, 0.15) is 26.7 Å². The molecule has 0 atom stereocenters. The molecule has 0 aliphatic carbocycles. The molecule has 0 rings (SSSR count). The smallest absolute Gasteiger partial charge is 0.0703 e. The largest absolute Gasteiger partial charge is 0.394 e. The zero-order chi connectivity index (χ0) is 26.1. The van der Waals surface area contributed by atoms with E-state index in [-0.39, 0.29) is 13.2 Å². The maximum absolute atomic E-state index is 8.52. The van der Waals surface area contributed by atoms with Crippen molar-refractivity contribution in [1.29, 1.82) is 0 Å². The van der Waals surface area contributed by atoms with Crippen LogP contribution in [0, 0.1) is 0 Å². The average molecular weight is 517 g/mol. The molecule has 0 aromatic carbocycles. The van der Waals surface area contributed by atoms with E-state index in [2.05, 4.69) is 0 Å². The van der Waals surface area contributed by atoms with Crippen LogP contribution in [0.25, 0.3) is 0 Å². The van der Waals surface area contributed by atoms with Crippen molar-refractivity contribution >= 4 is 0 Å². The predicted octanol–water partition coefficient (Wildman–Crippen LogP) is 0.925. The molecule has 0 saturated heterocycles. The summed E-state index contributed by atoms with van der Waals surface area (Å²) in [6.45, 7) is 12.9. The van der Waals surface area contributed by atoms with Gasteiger partial charge in [0.1, 0.15) is 0 Å². The number of unbranched alkanes of at least 4 members (excludes halogenated alkanes) is 1. The van der Waals surface area contributed by atoms with Gasteiger partial charge in [-0.3, -0.25) is 0 Å². The van der Waals surface area contributed by atoms with E-state index in [1.807, 2.05) is 13.8 Å². The lowest BCUT2D eigenvalue weighted by Crippen LogP contribution is -2.13. The van der Waals surface area contributed by atoms with Crippen molar-refractivity contribution in [2.24, 2.45) is 0 Å². The van der Waals surface area contributed by atoms with Gasteiger partial charge in [-0.2, -0.15) is 0 Å². The topological polar surface area (TPSA) is 124 Å². The third-order valence-corrected chi connectivity index (χ3v) is 3.90. The summed E-state index contributed by atoms with van der Waals surface area (Å²) in [7, 11) is 1.67. The van der Waals surface area contributed by atoms with Crippen molar-refractivity contribution in [2.45, 2.75) is 32.8 Å². The highest BCUT2D eigenvalue weighted by Crippen LogP contribution is 1.92. The highest BCUT2D eigenvalue weighted by molar-refractivity contribution is 4.40. The Hall–Kier alpha value is -0.440. The number of methoxy groups -OCH3 is 1. The van der Waals surface area contributed by atoms with Gasteiger partial charge in [-0.15, -0.1) is 0 Å². The summed E-state index contributed by atoms with van der Waals surface area (Å²) in [5, 5.41) is 17.0. The molecule has 0 spiro atoms. The Balaban J connectivity index is 0. The number of hydrogen-bond acceptors (Lipinski definition) is 11. The van der Waals surface area contributed by atoms with Gasteiger partial charge in [0, 0.05) is 20.3 Å². The first-order chi connectivity index (χ1) is 17.2. The van der Waals surface area contributed by atoms with Gasteiger partial charge in [0.25, 0.3) is 0 Å². The van der Waals surface area contributed by atoms with E-state index in [0.717, 1.165) is 12.8 Å². The number of rotatable bonds is 28. The third kappa shape index (κ3) is 41.0. The van der Waals surface area contributed by atoms with Crippen LogP contribution in [0.4, 0.5) is 0 Å². The van der Waals surface area contributed by atoms with Crippen molar-refractivity contribution in [2.75, 3.05) is 126 Å². The number of ether oxygens (including phenoxy) is 9. The molecule has 0 bridgehead atoms. The highest BCUT2D eigenvalue weighted by atomic mass is 16.6. The van der Waals surface area contributed by atoms with Crippen molar-refractivity contribution in [1.82, 2.24) is 0 Å². The molecule has 0 heterocycles. The molecule has 0 unspecified atom stereocenters. The second-order valence-electron chi connectivity index (χ2n) is 7.35. The lowest BCUT2D eigenvalue weighted by Gasteiger charge is -2.08. The molecule has 0 saturated carbocycles. The fourth-order valence-electron chi connectivity index (χ4n) is 2.21. The van der Waals surface area contributed by atoms with Gasteiger partial charge in [-0.05, 0) is 26.7 Å². The Kier molecular flexibility index (Phi) is 37.5. The zero-order valence-electron chi connectivity index (χ0n) is 22.3. The second-order valence-corrected chi connectivity index (χ2v) is 7.35. The van der Waals surface area contributed by atoms with E-state index in [9.17, 15) is 0 Å². The van der Waals surface area contributed by atoms with E-state index >= 15 is 0 Å². The maximum Gasteiger partial charge on any atom is 0.0703 e. The molecule has 0 aromatic rings. The normalized spacial score (nSPS) is 11.1. The third-order valence-electron chi connectivity index (χ3n) is 3.90. The summed E-state index contributed by atoms with van der Waals surface area (Å²) < 4.78 is 47.0. The maximum atomic E-state index is 8.52. The van der Waals surface area contributed by atoms with Crippen LogP contribution in [0.3, 0.4) is 0 Å². The van der Waals surface area contributed by atoms with Gasteiger partial charge in [-0.1, -0.05) is 0 Å². The summed E-state index contributed by atoms with van der Waals surface area (Å²) in [5.41, 5.74) is 0. The Morgan fingerprint density at radius 3 is 1.03 bits per heavy atom. The molecular formula is C24H52O11. The number of hydrogen-bond donors (Lipinski definition) is 2. The fraction of sp³-hybridized carbons (Fsp3) is 1.00. The van der Waals surface area contributed by atoms with E-state index in [1.54, 1.807) is 7.11 Å². The standard InChI is InChI=1S/C18H38O9.C6H14O2/c19-3-7-23-11-15-25-13-9-21-5-1-2-6-22-10-14-26-17-18-27-16-12-24-8-4-20;1-6(2)8-5-4-7-3/h19-20H,1-18H2;6H,4-5H2,1-3H3. The van der Waals surface area contributed by atoms with Gasteiger partial charge in [0.15, 0.2) is 0 Å². The summed E-state index contributed by atoms with van der Waals surface area (Å²) >= 11 is 0. The number of aliphatic hydroxyl groups excluding tert-OH is 2. The minimum absolute atomic E-state index is 0.0363. The lowest BCUT2D eigenvalue weighted by atomic mass is 10.3. The Morgan fingerprint density at radius 2 is 0.743 bits per heavy atom. The van der Waals surface area contributed by atoms with Crippen molar-refractivity contribution in [3.05, 3.63) is 0 Å². The SMILES string of the molecule is COCCOC(C)C.OCCOCCOCCOCCCCOCCOCCOCCOCCO. The second kappa shape index (κ2) is 35.7. The molecule has 0 aromatic heterocycles. The van der Waals surface area contributed by atoms with Crippen molar-refractivity contribution in [3.63, 3.8) is 0 Å². The minimum Gasteiger partial charge on any atom is -0.394 e. The first-order valence-electron chi connectivity index (χ1n) is 12.5. The highest BCUT2D eigenvalue weighted by Gasteiger charge is 1.95. The molecule has 0 fully saturated rings. The molecule has 214 valence electrons. The Labute approximate surface area is 212 Å². The zero-order valence-corrected chi connectivity index (χ0v) is 22.3. The molecule has 11 nitrogen and oxygen atoms in total. The van der Waals surface area contributed by atoms with E-state index in [4.69, 9.17) is 52.8 Å². The molecule has 11 heteroatoms. The van der Waals surface area contributed by atoms with E-state index < -0.39 is 0 Å². The Morgan fingerprint density at radius 1 is 0.429 bits per heavy atom. The molecule has 0 amide bonds. The quantitative estimate of drug-likeness (QED) is 0.144. The van der Waals surface area contributed by atoms with Crippen LogP contribution in [0.5, 0.6) is 0 Å². The number of aliphatic hydroxyl groups is 2. The lowest BCUT2D eigenvalue weighted by molar-refractivity contribution is -0.00705. The Bertz CT molecular complexity index is 325. The van der Waals surface area contributed by atoms with Crippen molar-refractivity contribution in [3.8, 4) is 0 Å². The van der Waals surface area contributed by atoms with Crippen LogP contribution < -0.4 is 0 Å². The molecular weight excluding hydrogens is 464 g/mol. The van der Waals surface area contributed by atoms with Crippen LogP contribution in [0.2, 0.25) is 0 Å².